The molecule has 5 nitrogen and oxygen atoms in total. The summed E-state index contributed by atoms with van der Waals surface area (Å²) < 4.78 is 0. The van der Waals surface area contributed by atoms with Crippen molar-refractivity contribution in [2.24, 2.45) is 15.6 Å². The molecule has 7 heteroatoms. The molecule has 1 fully saturated rings. The highest BCUT2D eigenvalue weighted by Gasteiger charge is 2.45. The highest BCUT2D eigenvalue weighted by molar-refractivity contribution is 7.99. The molecule has 224 valence electrons. The fraction of sp³-hybridized carbons (Fsp3) is 0.361. The van der Waals surface area contributed by atoms with Crippen LogP contribution in [-0.2, 0) is 21.7 Å². The number of nitrogens with zero attached hydrogens (tertiary/aromatic N) is 2. The van der Waals surface area contributed by atoms with Gasteiger partial charge in [-0.25, -0.2) is 4.79 Å². The van der Waals surface area contributed by atoms with Crippen molar-refractivity contribution in [1.29, 1.82) is 0 Å². The molecule has 1 saturated carbocycles. The lowest BCUT2D eigenvalue weighted by Gasteiger charge is -2.24. The Labute approximate surface area is 263 Å². The van der Waals surface area contributed by atoms with Crippen LogP contribution < -0.4 is 10.6 Å². The van der Waals surface area contributed by atoms with Crippen molar-refractivity contribution >= 4 is 48.2 Å². The van der Waals surface area contributed by atoms with Crippen molar-refractivity contribution in [2.75, 3.05) is 5.75 Å². The Morgan fingerprint density at radius 3 is 2.79 bits per heavy atom. The standard InChI is InChI=1S/C36H39ClN2O3S/c1-35(2,41)31-10-5-4-8-26(31)14-18-33(43-24-36(19-20-36)23-34(40)42-38-3)28-9-6-7-25(21-28)11-16-30-17-13-27-12-15-29(37)22-32(27)39-30/h4-13,15-16,21-22,30,33,41H,3,14,17-20,23-24H2,1-2H3. The minimum absolute atomic E-state index is 0.0363. The average Bonchev–Trinajstić information content (AvgIpc) is 3.74. The van der Waals surface area contributed by atoms with Crippen molar-refractivity contribution < 1.29 is 14.7 Å². The maximum Gasteiger partial charge on any atom is 0.335 e. The molecule has 1 aliphatic carbocycles. The van der Waals surface area contributed by atoms with Crippen molar-refractivity contribution in [1.82, 2.24) is 0 Å². The molecule has 2 unspecified atom stereocenters. The third kappa shape index (κ3) is 8.47. The topological polar surface area (TPSA) is 71.2 Å². The number of oxime groups is 1. The number of aryl methyl sites for hydroxylation is 1. The lowest BCUT2D eigenvalue weighted by atomic mass is 9.90. The van der Waals surface area contributed by atoms with E-state index in [0.717, 1.165) is 65.1 Å². The fourth-order valence-electron chi connectivity index (χ4n) is 5.69. The summed E-state index contributed by atoms with van der Waals surface area (Å²) in [6.07, 6.45) is 11.5. The Balaban J connectivity index is 1.35. The minimum Gasteiger partial charge on any atom is -0.386 e. The van der Waals surface area contributed by atoms with Crippen LogP contribution in [0.5, 0.6) is 0 Å². The smallest absolute Gasteiger partial charge is 0.335 e. The Morgan fingerprint density at radius 1 is 1.21 bits per heavy atom. The van der Waals surface area contributed by atoms with E-state index in [4.69, 9.17) is 21.4 Å². The zero-order valence-corrected chi connectivity index (χ0v) is 26.4. The van der Waals surface area contributed by atoms with Crippen LogP contribution in [-0.4, -0.2) is 29.6 Å². The summed E-state index contributed by atoms with van der Waals surface area (Å²) in [5, 5.41) is 17.1. The van der Waals surface area contributed by atoms with Crippen LogP contribution in [0.2, 0.25) is 5.02 Å². The quantitative estimate of drug-likeness (QED) is 0.126. The van der Waals surface area contributed by atoms with E-state index in [1.165, 1.54) is 5.56 Å². The predicted octanol–water partition coefficient (Wildman–Crippen LogP) is 7.19. The number of carbonyl (C=O) groups excluding carboxylic acids is 1. The third-order valence-electron chi connectivity index (χ3n) is 8.26. The first kappa shape index (κ1) is 31.2. The SMILES string of the molecule is C=NOC(=O)CC1(CSC(CCc2ccccc2C(C)(C)O)c2cccc(C=CC3CC=c4ccc(Cl)cc4=N3)c2)CC1. The zero-order chi connectivity index (χ0) is 30.5. The van der Waals surface area contributed by atoms with Gasteiger partial charge in [0.25, 0.3) is 0 Å². The number of benzene rings is 3. The first-order valence-electron chi connectivity index (χ1n) is 14.8. The molecule has 43 heavy (non-hydrogen) atoms. The van der Waals surface area contributed by atoms with Gasteiger partial charge in [-0.05, 0) is 91.0 Å². The lowest BCUT2D eigenvalue weighted by molar-refractivity contribution is -0.144. The van der Waals surface area contributed by atoms with Crippen LogP contribution in [0.3, 0.4) is 0 Å². The number of aliphatic hydroxyl groups is 1. The molecular weight excluding hydrogens is 576 g/mol. The van der Waals surface area contributed by atoms with Crippen LogP contribution in [0.25, 0.3) is 12.2 Å². The molecule has 2 aliphatic rings. The van der Waals surface area contributed by atoms with E-state index in [2.05, 4.69) is 60.4 Å². The monoisotopic (exact) mass is 614 g/mol. The van der Waals surface area contributed by atoms with E-state index in [9.17, 15) is 9.90 Å². The van der Waals surface area contributed by atoms with Gasteiger partial charge in [0.2, 0.25) is 0 Å². The molecule has 3 aromatic rings. The largest absolute Gasteiger partial charge is 0.386 e. The molecule has 0 amide bonds. The van der Waals surface area contributed by atoms with Gasteiger partial charge in [-0.3, -0.25) is 4.99 Å². The second-order valence-corrected chi connectivity index (χ2v) is 13.8. The lowest BCUT2D eigenvalue weighted by Crippen LogP contribution is -2.30. The minimum atomic E-state index is -0.908. The second-order valence-electron chi connectivity index (χ2n) is 12.2. The van der Waals surface area contributed by atoms with E-state index >= 15 is 0 Å². The van der Waals surface area contributed by atoms with Crippen molar-refractivity contribution in [3.8, 4) is 0 Å². The molecular formula is C36H39ClN2O3S. The summed E-state index contributed by atoms with van der Waals surface area (Å²) in [6, 6.07) is 22.8. The first-order chi connectivity index (χ1) is 20.6. The Hall–Kier alpha value is -3.19. The van der Waals surface area contributed by atoms with Gasteiger partial charge in [0.15, 0.2) is 0 Å². The van der Waals surface area contributed by atoms with E-state index in [0.29, 0.717) is 11.4 Å². The van der Waals surface area contributed by atoms with Crippen LogP contribution in [0.4, 0.5) is 0 Å². The number of hydrogen-bond donors (Lipinski definition) is 1. The van der Waals surface area contributed by atoms with Crippen LogP contribution in [0.1, 0.15) is 73.5 Å². The Kier molecular flexibility index (Phi) is 9.90. The molecule has 1 heterocycles. The van der Waals surface area contributed by atoms with Crippen molar-refractivity contribution in [3.05, 3.63) is 111 Å². The second kappa shape index (κ2) is 13.6. The van der Waals surface area contributed by atoms with Gasteiger partial charge < -0.3 is 9.94 Å². The number of hydrogen-bond acceptors (Lipinski definition) is 6. The fourth-order valence-corrected chi connectivity index (χ4v) is 7.43. The van der Waals surface area contributed by atoms with Gasteiger partial charge in [-0.2, -0.15) is 11.8 Å². The first-order valence-corrected chi connectivity index (χ1v) is 16.3. The van der Waals surface area contributed by atoms with Crippen LogP contribution in [0, 0.1) is 5.41 Å². The zero-order valence-electron chi connectivity index (χ0n) is 24.8. The highest BCUT2D eigenvalue weighted by Crippen LogP contribution is 2.53. The van der Waals surface area contributed by atoms with E-state index in [-0.39, 0.29) is 22.7 Å². The summed E-state index contributed by atoms with van der Waals surface area (Å²) in [5.41, 5.74) is 3.57. The van der Waals surface area contributed by atoms with Crippen LogP contribution in [0.15, 0.2) is 83.0 Å². The Bertz CT molecular complexity index is 1620. The molecule has 5 rings (SSSR count). The van der Waals surface area contributed by atoms with Gasteiger partial charge in [-0.1, -0.05) is 89.6 Å². The average molecular weight is 615 g/mol. The van der Waals surface area contributed by atoms with Crippen LogP contribution >= 0.6 is 23.4 Å². The number of carbonyl (C=O) groups is 1. The summed E-state index contributed by atoms with van der Waals surface area (Å²) in [6.45, 7) is 6.95. The molecule has 3 aromatic carbocycles. The molecule has 0 saturated heterocycles. The van der Waals surface area contributed by atoms with E-state index in [1.807, 2.05) is 62.0 Å². The number of thioether (sulfide) groups is 1. The van der Waals surface area contributed by atoms with Gasteiger partial charge in [-0.15, -0.1) is 0 Å². The normalized spacial score (nSPS) is 17.8. The number of fused-ring (bicyclic) bond motifs is 1. The summed E-state index contributed by atoms with van der Waals surface area (Å²) in [5.74, 6) is 0.557. The highest BCUT2D eigenvalue weighted by atomic mass is 35.5. The van der Waals surface area contributed by atoms with Gasteiger partial charge in [0, 0.05) is 22.7 Å². The summed E-state index contributed by atoms with van der Waals surface area (Å²) in [4.78, 5) is 21.9. The Morgan fingerprint density at radius 2 is 2.02 bits per heavy atom. The van der Waals surface area contributed by atoms with E-state index < -0.39 is 5.60 Å². The molecule has 0 spiro atoms. The van der Waals surface area contributed by atoms with E-state index in [1.54, 1.807) is 0 Å². The third-order valence-corrected chi connectivity index (χ3v) is 10.2. The molecule has 0 bridgehead atoms. The maximum absolute atomic E-state index is 12.2. The molecule has 1 aliphatic heterocycles. The molecule has 2 atom stereocenters. The molecule has 0 aromatic heterocycles. The number of rotatable bonds is 13. The van der Waals surface area contributed by atoms with Gasteiger partial charge in [0.1, 0.15) is 0 Å². The summed E-state index contributed by atoms with van der Waals surface area (Å²) in [7, 11) is 0. The summed E-state index contributed by atoms with van der Waals surface area (Å²) >= 11 is 8.11. The van der Waals surface area contributed by atoms with Crippen molar-refractivity contribution in [2.45, 2.75) is 69.3 Å². The number of halogens is 1. The molecule has 0 radical (unpaired) electrons. The maximum atomic E-state index is 12.2. The molecule has 1 N–H and O–H groups in total. The predicted molar refractivity (Wildman–Crippen MR) is 178 cm³/mol. The van der Waals surface area contributed by atoms with Crippen molar-refractivity contribution in [3.63, 3.8) is 0 Å². The van der Waals surface area contributed by atoms with Gasteiger partial charge >= 0.3 is 5.97 Å². The van der Waals surface area contributed by atoms with Gasteiger partial charge in [0.05, 0.1) is 23.4 Å².